The number of nitrogens with zero attached hydrogens (tertiary/aromatic N) is 2. The van der Waals surface area contributed by atoms with Crippen molar-refractivity contribution in [1.29, 1.82) is 0 Å². The van der Waals surface area contributed by atoms with Crippen molar-refractivity contribution in [1.82, 2.24) is 9.97 Å². The van der Waals surface area contributed by atoms with E-state index in [1.54, 1.807) is 0 Å². The van der Waals surface area contributed by atoms with Gasteiger partial charge in [0.05, 0.1) is 13.8 Å². The van der Waals surface area contributed by atoms with Crippen LogP contribution in [0.3, 0.4) is 0 Å². The first kappa shape index (κ1) is 3.01. The molecule has 0 saturated heterocycles. The molecule has 11 heavy (non-hydrogen) atoms. The van der Waals surface area contributed by atoms with Crippen LogP contribution in [0.2, 0.25) is 0 Å². The highest BCUT2D eigenvalue weighted by Gasteiger charge is 1.96. The van der Waals surface area contributed by atoms with Gasteiger partial charge in [-0.15, -0.1) is 0 Å². The summed E-state index contributed by atoms with van der Waals surface area (Å²) in [5.74, 6) is -0.105. The zero-order chi connectivity index (χ0) is 14.2. The Labute approximate surface area is 84.2 Å². The maximum atomic E-state index is 7.71. The third-order valence-corrected chi connectivity index (χ3v) is 1.24. The fourth-order valence-electron chi connectivity index (χ4n) is 0.530. The maximum Gasteiger partial charge on any atom is 0.146 e. The molecule has 0 aliphatic rings. The Balaban J connectivity index is 3.16. The molecule has 0 atom stereocenters. The van der Waals surface area contributed by atoms with Crippen LogP contribution in [0.25, 0.3) is 0 Å². The highest BCUT2D eigenvalue weighted by atomic mass is 79.9. The van der Waals surface area contributed by atoms with Crippen molar-refractivity contribution in [3.05, 3.63) is 17.0 Å². The van der Waals surface area contributed by atoms with Crippen LogP contribution in [0.5, 0.6) is 0 Å². The second-order valence-electron chi connectivity index (χ2n) is 1.73. The molecular formula is C7H10BrN3. The average molecular weight is 223 g/mol. The monoisotopic (exact) mass is 222 g/mol. The summed E-state index contributed by atoms with van der Waals surface area (Å²) in [5, 5.41) is 2.11. The highest BCUT2D eigenvalue weighted by Crippen LogP contribution is 2.08. The second kappa shape index (κ2) is 3.67. The molecule has 0 radical (unpaired) electrons. The fraction of sp³-hybridized carbons (Fsp3) is 0.429. The molecule has 60 valence electrons. The maximum absolute atomic E-state index is 7.71. The summed E-state index contributed by atoms with van der Waals surface area (Å²) in [5.41, 5.74) is 0. The van der Waals surface area contributed by atoms with Crippen molar-refractivity contribution in [2.75, 3.05) is 5.32 Å². The van der Waals surface area contributed by atoms with Gasteiger partial charge in [-0.05, 0) is 29.6 Å². The summed E-state index contributed by atoms with van der Waals surface area (Å²) in [7, 11) is 0. The van der Waals surface area contributed by atoms with Gasteiger partial charge in [0.2, 0.25) is 0 Å². The summed E-state index contributed by atoms with van der Waals surface area (Å²) in [6, 6.07) is -2.85. The normalized spacial score (nSPS) is 22.8. The van der Waals surface area contributed by atoms with Crippen LogP contribution < -0.4 is 5.32 Å². The van der Waals surface area contributed by atoms with E-state index in [0.717, 1.165) is 6.20 Å². The lowest BCUT2D eigenvalue weighted by atomic mass is 10.4. The van der Waals surface area contributed by atoms with Crippen molar-refractivity contribution in [2.24, 2.45) is 0 Å². The number of hydrogen-bond acceptors (Lipinski definition) is 3. The van der Waals surface area contributed by atoms with Crippen molar-refractivity contribution >= 4 is 21.7 Å². The van der Waals surface area contributed by atoms with Gasteiger partial charge in [0.1, 0.15) is 10.4 Å². The first-order valence-corrected chi connectivity index (χ1v) is 3.52. The van der Waals surface area contributed by atoms with E-state index in [2.05, 4.69) is 31.2 Å². The molecule has 1 N–H and O–H groups in total. The van der Waals surface area contributed by atoms with E-state index in [-0.39, 0.29) is 5.82 Å². The zero-order valence-electron chi connectivity index (χ0n) is 12.4. The van der Waals surface area contributed by atoms with Crippen LogP contribution in [0, 0.1) is 0 Å². The topological polar surface area (TPSA) is 37.8 Å². The van der Waals surface area contributed by atoms with Gasteiger partial charge in [-0.2, -0.15) is 0 Å². The average Bonchev–Trinajstić information content (AvgIpc) is 2.13. The van der Waals surface area contributed by atoms with Gasteiger partial charge in [-0.1, -0.05) is 0 Å². The molecular weight excluding hydrogens is 206 g/mol. The summed E-state index contributed by atoms with van der Waals surface area (Å²) in [6.07, 6.45) is 2.49. The van der Waals surface area contributed by atoms with Gasteiger partial charge in [0.25, 0.3) is 0 Å². The summed E-state index contributed by atoms with van der Waals surface area (Å²) in [4.78, 5) is 7.52. The minimum Gasteiger partial charge on any atom is -0.367 e. The Morgan fingerprint density at radius 2 is 2.55 bits per heavy atom. The van der Waals surface area contributed by atoms with Gasteiger partial charge in [-0.3, -0.25) is 4.98 Å². The Morgan fingerprint density at radius 3 is 3.18 bits per heavy atom. The Kier molecular flexibility index (Phi) is 1.00. The molecule has 0 unspecified atom stereocenters. The summed E-state index contributed by atoms with van der Waals surface area (Å²) in [6.45, 7) is -6.11. The number of anilines is 1. The Morgan fingerprint density at radius 1 is 1.73 bits per heavy atom. The number of halogens is 1. The largest absolute Gasteiger partial charge is 0.367 e. The first-order valence-electron chi connectivity index (χ1n) is 6.23. The minimum absolute atomic E-state index is 0.105. The third-order valence-electron chi connectivity index (χ3n) is 0.858. The van der Waals surface area contributed by atoms with Crippen molar-refractivity contribution < 1.29 is 9.60 Å². The van der Waals surface area contributed by atoms with Crippen LogP contribution in [0.4, 0.5) is 5.82 Å². The molecule has 1 rings (SSSR count). The quantitative estimate of drug-likeness (QED) is 0.833. The fourth-order valence-corrected chi connectivity index (χ4v) is 0.840. The number of aromatic nitrogens is 2. The lowest BCUT2D eigenvalue weighted by Crippen LogP contribution is -2.11. The molecule has 0 aromatic carbocycles. The smallest absolute Gasteiger partial charge is 0.146 e. The summed E-state index contributed by atoms with van der Waals surface area (Å²) >= 11 is 3.01. The zero-order valence-corrected chi connectivity index (χ0v) is 7.01. The van der Waals surface area contributed by atoms with E-state index in [4.69, 9.17) is 9.60 Å². The molecule has 1 heterocycles. The number of hydrogen-bond donors (Lipinski definition) is 1. The number of nitrogens with one attached hydrogen (secondary N) is 1. The van der Waals surface area contributed by atoms with E-state index in [0.29, 0.717) is 4.60 Å². The van der Waals surface area contributed by atoms with Crippen molar-refractivity contribution in [2.45, 2.75) is 19.7 Å². The van der Waals surface area contributed by atoms with E-state index >= 15 is 0 Å². The Bertz CT molecular complexity index is 416. The molecule has 0 amide bonds. The molecule has 0 aliphatic heterocycles. The highest BCUT2D eigenvalue weighted by molar-refractivity contribution is 9.10. The van der Waals surface area contributed by atoms with Crippen LogP contribution in [-0.4, -0.2) is 16.0 Å². The van der Waals surface area contributed by atoms with E-state index < -0.39 is 19.7 Å². The molecule has 0 spiro atoms. The van der Waals surface area contributed by atoms with Gasteiger partial charge in [0, 0.05) is 14.2 Å². The SMILES string of the molecule is [2H]C([2H])([2H])C([2H])(Nc1cncc(Br)n1)C([2H])([2H])[2H]. The standard InChI is InChI=1S/C7H10BrN3/c1-5(2)10-7-4-9-3-6(8)11-7/h3-5H,1-2H3,(H,10,11)/i1D3,2D3,5D. The molecule has 3 nitrogen and oxygen atoms in total. The molecule has 0 fully saturated rings. The first-order chi connectivity index (χ1) is 7.97. The molecule has 1 aromatic rings. The molecule has 1 aromatic heterocycles. The lowest BCUT2D eigenvalue weighted by molar-refractivity contribution is 0.884. The van der Waals surface area contributed by atoms with Crippen molar-refractivity contribution in [3.8, 4) is 0 Å². The third kappa shape index (κ3) is 2.84. The lowest BCUT2D eigenvalue weighted by Gasteiger charge is -2.07. The second-order valence-corrected chi connectivity index (χ2v) is 2.54. The van der Waals surface area contributed by atoms with Crippen LogP contribution >= 0.6 is 15.9 Å². The Hall–Kier alpha value is -0.640. The van der Waals surface area contributed by atoms with Crippen LogP contribution in [-0.2, 0) is 0 Å². The number of rotatable bonds is 2. The molecule has 0 saturated carbocycles. The molecule has 0 aliphatic carbocycles. The minimum atomic E-state index is -3.05. The van der Waals surface area contributed by atoms with Crippen molar-refractivity contribution in [3.63, 3.8) is 0 Å². The predicted octanol–water partition coefficient (Wildman–Crippen LogP) is 2.06. The van der Waals surface area contributed by atoms with Gasteiger partial charge >= 0.3 is 0 Å². The van der Waals surface area contributed by atoms with Gasteiger partial charge in [-0.25, -0.2) is 4.98 Å². The van der Waals surface area contributed by atoms with Gasteiger partial charge in [0.15, 0.2) is 0 Å². The van der Waals surface area contributed by atoms with E-state index in [1.807, 2.05) is 0 Å². The van der Waals surface area contributed by atoms with E-state index in [1.165, 1.54) is 6.20 Å². The van der Waals surface area contributed by atoms with Crippen LogP contribution in [0.1, 0.15) is 23.3 Å². The van der Waals surface area contributed by atoms with Crippen LogP contribution in [0.15, 0.2) is 17.0 Å². The summed E-state index contributed by atoms with van der Waals surface area (Å²) < 4.78 is 51.3. The van der Waals surface area contributed by atoms with Gasteiger partial charge < -0.3 is 5.32 Å². The predicted molar refractivity (Wildman–Crippen MR) is 48.5 cm³/mol. The molecule has 4 heteroatoms. The van der Waals surface area contributed by atoms with E-state index in [9.17, 15) is 0 Å². The molecule has 0 bridgehead atoms.